The zero-order chi connectivity index (χ0) is 9.56. The van der Waals surface area contributed by atoms with Crippen molar-refractivity contribution >= 4 is 12.7 Å². The Balaban J connectivity index is 0.000000561. The van der Waals surface area contributed by atoms with Gasteiger partial charge in [0, 0.05) is 0 Å². The van der Waals surface area contributed by atoms with Crippen LogP contribution in [0.25, 0.3) is 12.7 Å². The first-order valence-corrected chi connectivity index (χ1v) is 4.46. The van der Waals surface area contributed by atoms with Crippen molar-refractivity contribution in [3.05, 3.63) is 34.2 Å². The van der Waals surface area contributed by atoms with Gasteiger partial charge in [0.15, 0.2) is 0 Å². The normalized spacial score (nSPS) is 10.5. The molecule has 1 rings (SSSR count). The van der Waals surface area contributed by atoms with Crippen LogP contribution in [0.4, 0.5) is 0 Å². The summed E-state index contributed by atoms with van der Waals surface area (Å²) in [5, 5.41) is 2.34. The van der Waals surface area contributed by atoms with Gasteiger partial charge < -0.3 is 0 Å². The van der Waals surface area contributed by atoms with Crippen molar-refractivity contribution in [1.29, 1.82) is 0 Å². The monoisotopic (exact) mass is 162 g/mol. The van der Waals surface area contributed by atoms with Gasteiger partial charge >= 0.3 is 0 Å². The highest BCUT2D eigenvalue weighted by Crippen LogP contribution is 1.84. The minimum atomic E-state index is 1.11. The summed E-state index contributed by atoms with van der Waals surface area (Å²) < 4.78 is 0. The fourth-order valence-corrected chi connectivity index (χ4v) is 1.02. The zero-order valence-electron chi connectivity index (χ0n) is 8.52. The molecule has 0 N–H and O–H groups in total. The van der Waals surface area contributed by atoms with E-state index in [1.807, 2.05) is 20.8 Å². The molecule has 0 heterocycles. The maximum absolute atomic E-state index is 3.92. The van der Waals surface area contributed by atoms with Crippen molar-refractivity contribution in [2.45, 2.75) is 27.7 Å². The quantitative estimate of drug-likeness (QED) is 0.549. The number of hydrogen-bond donors (Lipinski definition) is 0. The molecule has 0 aliphatic carbocycles. The lowest BCUT2D eigenvalue weighted by atomic mass is 10.2. The number of benzene rings is 1. The van der Waals surface area contributed by atoms with Gasteiger partial charge in [0.1, 0.15) is 0 Å². The first-order chi connectivity index (χ1) is 5.74. The topological polar surface area (TPSA) is 0 Å². The fraction of sp³-hybridized carbons (Fsp3) is 0.333. The van der Waals surface area contributed by atoms with Crippen LogP contribution in [-0.4, -0.2) is 0 Å². The Morgan fingerprint density at radius 1 is 1.25 bits per heavy atom. The first-order valence-electron chi connectivity index (χ1n) is 4.46. The van der Waals surface area contributed by atoms with Crippen LogP contribution in [0.2, 0.25) is 0 Å². The third-order valence-electron chi connectivity index (χ3n) is 1.61. The van der Waals surface area contributed by atoms with E-state index in [1.54, 1.807) is 0 Å². The first kappa shape index (κ1) is 11.0. The summed E-state index contributed by atoms with van der Waals surface area (Å²) in [4.78, 5) is 0. The lowest BCUT2D eigenvalue weighted by Crippen LogP contribution is -2.21. The molecule has 0 aromatic heterocycles. The summed E-state index contributed by atoms with van der Waals surface area (Å²) in [5.74, 6) is 0. The van der Waals surface area contributed by atoms with Crippen LogP contribution in [0.1, 0.15) is 26.3 Å². The van der Waals surface area contributed by atoms with Crippen LogP contribution < -0.4 is 10.4 Å². The number of aryl methyl sites for hydroxylation is 1. The second-order valence-corrected chi connectivity index (χ2v) is 2.49. The molecule has 0 aliphatic heterocycles. The highest BCUT2D eigenvalue weighted by Gasteiger charge is 1.81. The van der Waals surface area contributed by atoms with Gasteiger partial charge in [-0.2, -0.15) is 0 Å². The summed E-state index contributed by atoms with van der Waals surface area (Å²) in [6.07, 6.45) is 2.07. The molecule has 0 atom stereocenters. The van der Waals surface area contributed by atoms with Crippen LogP contribution in [0, 0.1) is 6.92 Å². The molecular formula is C12H18. The molecule has 0 unspecified atom stereocenters. The minimum Gasteiger partial charge on any atom is -0.0912 e. The number of rotatable bonds is 0. The van der Waals surface area contributed by atoms with Crippen molar-refractivity contribution in [3.63, 3.8) is 0 Å². The lowest BCUT2D eigenvalue weighted by molar-refractivity contribution is 1.40. The Labute approximate surface area is 75.2 Å². The molecule has 0 nitrogen and oxygen atoms in total. The highest BCUT2D eigenvalue weighted by molar-refractivity contribution is 5.27. The summed E-state index contributed by atoms with van der Waals surface area (Å²) in [6.45, 7) is 12.0. The van der Waals surface area contributed by atoms with Gasteiger partial charge in [-0.05, 0) is 24.3 Å². The van der Waals surface area contributed by atoms with Gasteiger partial charge in [0.2, 0.25) is 0 Å². The molecule has 0 radical (unpaired) electrons. The summed E-state index contributed by atoms with van der Waals surface area (Å²) >= 11 is 0. The van der Waals surface area contributed by atoms with Crippen LogP contribution >= 0.6 is 0 Å². The molecule has 0 saturated heterocycles. The molecule has 1 aromatic carbocycles. The average Bonchev–Trinajstić information content (AvgIpc) is 2.08. The predicted octanol–water partition coefficient (Wildman–Crippen LogP) is 2.23. The van der Waals surface area contributed by atoms with Gasteiger partial charge in [0.05, 0.1) is 0 Å². The van der Waals surface area contributed by atoms with Gasteiger partial charge in [-0.3, -0.25) is 0 Å². The van der Waals surface area contributed by atoms with Crippen molar-refractivity contribution in [2.24, 2.45) is 0 Å². The molecular weight excluding hydrogens is 144 g/mol. The fourth-order valence-electron chi connectivity index (χ4n) is 1.02. The van der Waals surface area contributed by atoms with Crippen molar-refractivity contribution in [2.75, 3.05) is 0 Å². The van der Waals surface area contributed by atoms with E-state index in [1.165, 1.54) is 10.8 Å². The second-order valence-electron chi connectivity index (χ2n) is 2.49. The lowest BCUT2D eigenvalue weighted by Gasteiger charge is -1.90. The average molecular weight is 162 g/mol. The predicted molar refractivity (Wildman–Crippen MR) is 57.4 cm³/mol. The Bertz CT molecular complexity index is 320. The third-order valence-corrected chi connectivity index (χ3v) is 1.61. The maximum atomic E-state index is 3.92. The summed E-state index contributed by atoms with van der Waals surface area (Å²) in [6, 6.07) is 6.29. The summed E-state index contributed by atoms with van der Waals surface area (Å²) in [5.41, 5.74) is 1.27. The van der Waals surface area contributed by atoms with Crippen molar-refractivity contribution in [1.82, 2.24) is 0 Å². The molecule has 0 bridgehead atoms. The third kappa shape index (κ3) is 2.91. The van der Waals surface area contributed by atoms with E-state index in [-0.39, 0.29) is 0 Å². The van der Waals surface area contributed by atoms with E-state index in [9.17, 15) is 0 Å². The molecule has 0 aliphatic rings. The maximum Gasteiger partial charge on any atom is -0.0233 e. The van der Waals surface area contributed by atoms with E-state index in [2.05, 4.69) is 37.8 Å². The van der Waals surface area contributed by atoms with E-state index < -0.39 is 0 Å². The Kier molecular flexibility index (Phi) is 5.11. The van der Waals surface area contributed by atoms with E-state index in [0.717, 1.165) is 5.22 Å². The second kappa shape index (κ2) is 5.59. The van der Waals surface area contributed by atoms with Crippen molar-refractivity contribution < 1.29 is 0 Å². The van der Waals surface area contributed by atoms with E-state index in [0.29, 0.717) is 0 Å². The van der Waals surface area contributed by atoms with Gasteiger partial charge in [-0.25, -0.2) is 0 Å². The van der Waals surface area contributed by atoms with Gasteiger partial charge in [0.25, 0.3) is 0 Å². The minimum absolute atomic E-state index is 1.11. The highest BCUT2D eigenvalue weighted by atomic mass is 13.9. The van der Waals surface area contributed by atoms with Crippen LogP contribution in [0.15, 0.2) is 18.2 Å². The van der Waals surface area contributed by atoms with E-state index in [4.69, 9.17) is 0 Å². The Morgan fingerprint density at radius 2 is 1.83 bits per heavy atom. The molecule has 0 amide bonds. The van der Waals surface area contributed by atoms with Gasteiger partial charge in [-0.15, -0.1) is 0 Å². The standard InChI is InChI=1S/C10H12.C2H6/c1-4-10-6-5-8(2)7-9(10)3;1-2/h4-7H,3H2,1-2H3;1-2H3/b10-4-;. The van der Waals surface area contributed by atoms with E-state index >= 15 is 0 Å². The zero-order valence-corrected chi connectivity index (χ0v) is 8.52. The van der Waals surface area contributed by atoms with Gasteiger partial charge in [-0.1, -0.05) is 50.3 Å². The molecule has 0 saturated carbocycles. The van der Waals surface area contributed by atoms with Crippen LogP contribution in [-0.2, 0) is 0 Å². The molecule has 0 spiro atoms. The molecule has 12 heavy (non-hydrogen) atoms. The summed E-state index contributed by atoms with van der Waals surface area (Å²) in [7, 11) is 0. The number of hydrogen-bond acceptors (Lipinski definition) is 0. The smallest absolute Gasteiger partial charge is 0.0233 e. The molecule has 66 valence electrons. The van der Waals surface area contributed by atoms with Crippen LogP contribution in [0.3, 0.4) is 0 Å². The molecule has 0 heteroatoms. The van der Waals surface area contributed by atoms with Crippen molar-refractivity contribution in [3.8, 4) is 0 Å². The molecule has 1 aromatic rings. The molecule has 0 fully saturated rings. The Morgan fingerprint density at radius 3 is 2.25 bits per heavy atom. The SMILES string of the molecule is C=c1cc(C)cc/c1=C/C.CC. The largest absolute Gasteiger partial charge is 0.0912 e. The Hall–Kier alpha value is -1.04. The van der Waals surface area contributed by atoms with Crippen LogP contribution in [0.5, 0.6) is 0 Å².